The van der Waals surface area contributed by atoms with E-state index < -0.39 is 23.8 Å². The lowest BCUT2D eigenvalue weighted by atomic mass is 10.1. The molecule has 4 aromatic rings. The highest BCUT2D eigenvalue weighted by Crippen LogP contribution is 2.30. The Labute approximate surface area is 219 Å². The molecule has 0 amide bonds. The third-order valence-corrected chi connectivity index (χ3v) is 6.04. The Kier molecular flexibility index (Phi) is 7.28. The lowest BCUT2D eigenvalue weighted by Gasteiger charge is -2.29. The summed E-state index contributed by atoms with van der Waals surface area (Å²) in [5, 5.41) is 10.7. The molecule has 2 unspecified atom stereocenters. The highest BCUT2D eigenvalue weighted by Gasteiger charge is 2.38. The Morgan fingerprint density at radius 1 is 0.816 bits per heavy atom. The van der Waals surface area contributed by atoms with Crippen LogP contribution < -0.4 is 15.3 Å². The number of carbonyl (C=O) groups excluding carboxylic acids is 1. The number of rotatable bonds is 10. The maximum Gasteiger partial charge on any atom is 0.340 e. The number of para-hydroxylation sites is 1. The number of hydrogen-bond acceptors (Lipinski definition) is 6. The third-order valence-electron chi connectivity index (χ3n) is 6.04. The molecule has 1 aliphatic heterocycles. The summed E-state index contributed by atoms with van der Waals surface area (Å²) in [5.41, 5.74) is 0.301. The third kappa shape index (κ3) is 5.79. The van der Waals surface area contributed by atoms with Crippen LogP contribution in [0.1, 0.15) is 27.6 Å². The number of aromatic carboxylic acids is 1. The van der Waals surface area contributed by atoms with E-state index in [4.69, 9.17) is 19.2 Å². The van der Waals surface area contributed by atoms with E-state index in [0.717, 1.165) is 10.8 Å². The van der Waals surface area contributed by atoms with E-state index in [2.05, 4.69) is 0 Å². The minimum absolute atomic E-state index is 0.0522. The van der Waals surface area contributed by atoms with Crippen LogP contribution >= 0.6 is 0 Å². The molecule has 190 valence electrons. The molecule has 1 heterocycles. The van der Waals surface area contributed by atoms with E-state index in [0.29, 0.717) is 16.7 Å². The summed E-state index contributed by atoms with van der Waals surface area (Å²) in [6, 6.07) is 32.2. The molecular formula is C31H25NO6. The van der Waals surface area contributed by atoms with Crippen molar-refractivity contribution < 1.29 is 28.9 Å². The second-order valence-electron chi connectivity index (χ2n) is 8.78. The summed E-state index contributed by atoms with van der Waals surface area (Å²) in [4.78, 5) is 29.4. The van der Waals surface area contributed by atoms with E-state index in [1.807, 2.05) is 78.9 Å². The lowest BCUT2D eigenvalue weighted by molar-refractivity contribution is -0.169. The van der Waals surface area contributed by atoms with Gasteiger partial charge in [-0.1, -0.05) is 78.9 Å². The van der Waals surface area contributed by atoms with Gasteiger partial charge in [-0.15, -0.1) is 0 Å². The number of fused-ring (bicyclic) bond motifs is 1. The highest BCUT2D eigenvalue weighted by atomic mass is 16.6. The van der Waals surface area contributed by atoms with E-state index in [9.17, 15) is 14.7 Å². The fourth-order valence-electron chi connectivity index (χ4n) is 4.13. The second kappa shape index (κ2) is 11.1. The van der Waals surface area contributed by atoms with Crippen LogP contribution in [0, 0.1) is 0 Å². The molecule has 0 bridgehead atoms. The quantitative estimate of drug-likeness (QED) is 0.325. The van der Waals surface area contributed by atoms with Gasteiger partial charge >= 0.3 is 11.9 Å². The minimum atomic E-state index is -1.33. The molecule has 7 heteroatoms. The van der Waals surface area contributed by atoms with Crippen molar-refractivity contribution in [2.24, 2.45) is 4.99 Å². The number of carboxylic acid groups (broad SMARTS) is 1. The van der Waals surface area contributed by atoms with Crippen LogP contribution in [0.25, 0.3) is 6.08 Å². The molecule has 0 spiro atoms. The number of hydrogen-bond donors (Lipinski definition) is 1. The number of esters is 1. The van der Waals surface area contributed by atoms with E-state index in [-0.39, 0.29) is 18.8 Å². The average molecular weight is 508 g/mol. The molecule has 38 heavy (non-hydrogen) atoms. The van der Waals surface area contributed by atoms with Crippen molar-refractivity contribution in [2.45, 2.75) is 18.4 Å². The molecular weight excluding hydrogens is 482 g/mol. The molecule has 0 radical (unpaired) electrons. The van der Waals surface area contributed by atoms with Gasteiger partial charge in [-0.3, -0.25) is 0 Å². The summed E-state index contributed by atoms with van der Waals surface area (Å²) in [7, 11) is 0. The first kappa shape index (κ1) is 24.9. The van der Waals surface area contributed by atoms with Gasteiger partial charge in [0.15, 0.2) is 6.10 Å². The summed E-state index contributed by atoms with van der Waals surface area (Å²) >= 11 is 0. The number of carboxylic acids is 1. The standard InChI is InChI=1S/C31H25NO6/c33-29(34)24-15-17-26(18-16-24)37-21-31(19-25-13-7-8-14-27(25)32-31)38-28(23-11-5-2-6-12-23)30(35)36-20-22-9-3-1-4-10-22/h1-19,28H,20-21H2,(H,33,34). The van der Waals surface area contributed by atoms with Crippen LogP contribution in [-0.2, 0) is 20.9 Å². The molecule has 0 fully saturated rings. The van der Waals surface area contributed by atoms with Gasteiger partial charge in [-0.05, 0) is 47.5 Å². The average Bonchev–Trinajstić information content (AvgIpc) is 3.33. The molecule has 4 aromatic carbocycles. The van der Waals surface area contributed by atoms with Crippen molar-refractivity contribution in [3.8, 4) is 5.75 Å². The van der Waals surface area contributed by atoms with Crippen LogP contribution in [0.15, 0.2) is 114 Å². The van der Waals surface area contributed by atoms with Gasteiger partial charge < -0.3 is 19.3 Å². The smallest absolute Gasteiger partial charge is 0.340 e. The molecule has 0 saturated heterocycles. The van der Waals surface area contributed by atoms with E-state index in [1.165, 1.54) is 12.1 Å². The molecule has 0 aromatic heterocycles. The topological polar surface area (TPSA) is 94.4 Å². The zero-order valence-corrected chi connectivity index (χ0v) is 20.4. The predicted octanol–water partition coefficient (Wildman–Crippen LogP) is 4.08. The zero-order chi connectivity index (χ0) is 26.4. The molecule has 0 saturated carbocycles. The largest absolute Gasteiger partial charge is 0.488 e. The SMILES string of the molecule is O=C(O)c1ccc(OCC2(OC(C(=O)OCc3ccccc3)c3ccccc3)C=c3ccccc3=N2)cc1. The molecule has 5 rings (SSSR count). The van der Waals surface area contributed by atoms with Crippen molar-refractivity contribution in [3.05, 3.63) is 136 Å². The monoisotopic (exact) mass is 507 g/mol. The molecule has 0 aliphatic carbocycles. The van der Waals surface area contributed by atoms with Gasteiger partial charge in [-0.2, -0.15) is 0 Å². The van der Waals surface area contributed by atoms with Gasteiger partial charge in [0.05, 0.1) is 10.9 Å². The van der Waals surface area contributed by atoms with E-state index >= 15 is 0 Å². The first-order valence-corrected chi connectivity index (χ1v) is 12.1. The summed E-state index contributed by atoms with van der Waals surface area (Å²) < 4.78 is 18.2. The van der Waals surface area contributed by atoms with Crippen LogP contribution in [0.3, 0.4) is 0 Å². The van der Waals surface area contributed by atoms with Gasteiger partial charge in [0, 0.05) is 5.22 Å². The number of carbonyl (C=O) groups is 2. The maximum atomic E-state index is 13.4. The number of nitrogens with zero attached hydrogens (tertiary/aromatic N) is 1. The fraction of sp³-hybridized carbons (Fsp3) is 0.129. The zero-order valence-electron chi connectivity index (χ0n) is 20.4. The van der Waals surface area contributed by atoms with Crippen LogP contribution in [0.2, 0.25) is 0 Å². The van der Waals surface area contributed by atoms with Gasteiger partial charge in [0.2, 0.25) is 5.72 Å². The summed E-state index contributed by atoms with van der Waals surface area (Å²) in [6.07, 6.45) is 0.751. The Morgan fingerprint density at radius 3 is 2.16 bits per heavy atom. The molecule has 1 N–H and O–H groups in total. The predicted molar refractivity (Wildman–Crippen MR) is 140 cm³/mol. The first-order valence-electron chi connectivity index (χ1n) is 12.1. The summed E-state index contributed by atoms with van der Waals surface area (Å²) in [6.45, 7) is 0.0519. The van der Waals surface area contributed by atoms with Crippen molar-refractivity contribution in [1.82, 2.24) is 0 Å². The van der Waals surface area contributed by atoms with Crippen LogP contribution in [-0.4, -0.2) is 29.4 Å². The number of ether oxygens (including phenoxy) is 3. The van der Waals surface area contributed by atoms with Gasteiger partial charge in [-0.25, -0.2) is 14.6 Å². The van der Waals surface area contributed by atoms with Crippen LogP contribution in [0.5, 0.6) is 5.75 Å². The highest BCUT2D eigenvalue weighted by molar-refractivity contribution is 5.87. The Bertz CT molecular complexity index is 1500. The van der Waals surface area contributed by atoms with Crippen LogP contribution in [0.4, 0.5) is 0 Å². The molecule has 1 aliphatic rings. The summed E-state index contributed by atoms with van der Waals surface area (Å²) in [5.74, 6) is -1.13. The Morgan fingerprint density at radius 2 is 1.47 bits per heavy atom. The fourth-order valence-corrected chi connectivity index (χ4v) is 4.13. The second-order valence-corrected chi connectivity index (χ2v) is 8.78. The van der Waals surface area contributed by atoms with Crippen molar-refractivity contribution >= 4 is 18.0 Å². The number of benzene rings is 4. The first-order chi connectivity index (χ1) is 18.5. The molecule has 2 atom stereocenters. The van der Waals surface area contributed by atoms with E-state index in [1.54, 1.807) is 24.3 Å². The Balaban J connectivity index is 1.44. The van der Waals surface area contributed by atoms with Crippen molar-refractivity contribution in [3.63, 3.8) is 0 Å². The van der Waals surface area contributed by atoms with Gasteiger partial charge in [0.1, 0.15) is 19.0 Å². The maximum absolute atomic E-state index is 13.4. The van der Waals surface area contributed by atoms with Crippen molar-refractivity contribution in [1.29, 1.82) is 0 Å². The minimum Gasteiger partial charge on any atom is -0.488 e. The lowest BCUT2D eigenvalue weighted by Crippen LogP contribution is -2.38. The van der Waals surface area contributed by atoms with Crippen molar-refractivity contribution in [2.75, 3.05) is 6.61 Å². The van der Waals surface area contributed by atoms with Gasteiger partial charge in [0.25, 0.3) is 0 Å². The Hall–Kier alpha value is -4.75. The normalized spacial score (nSPS) is 16.4. The molecule has 7 nitrogen and oxygen atoms in total.